The summed E-state index contributed by atoms with van der Waals surface area (Å²) in [4.78, 5) is 4.00. The predicted molar refractivity (Wildman–Crippen MR) is 64.2 cm³/mol. The van der Waals surface area contributed by atoms with Crippen LogP contribution in [0.15, 0.2) is 54.9 Å². The third kappa shape index (κ3) is 2.34. The normalized spacial score (nSPS) is 10.8. The molecule has 0 unspecified atom stereocenters. The van der Waals surface area contributed by atoms with E-state index in [4.69, 9.17) is 5.26 Å². The number of nitriles is 1. The molecule has 76 valence electrons. The van der Waals surface area contributed by atoms with Crippen molar-refractivity contribution >= 4 is 11.6 Å². The number of hydrogen-bond donors (Lipinski definition) is 0. The Hall–Kier alpha value is -2.40. The van der Waals surface area contributed by atoms with Crippen molar-refractivity contribution in [3.8, 4) is 6.07 Å². The molecule has 0 aliphatic rings. The fourth-order valence-electron chi connectivity index (χ4n) is 1.42. The molecule has 0 N–H and O–H groups in total. The number of pyridine rings is 1. The van der Waals surface area contributed by atoms with E-state index in [9.17, 15) is 0 Å². The van der Waals surface area contributed by atoms with Gasteiger partial charge in [-0.2, -0.15) is 5.26 Å². The van der Waals surface area contributed by atoms with E-state index >= 15 is 0 Å². The average molecular weight is 206 g/mol. The van der Waals surface area contributed by atoms with Gasteiger partial charge < -0.3 is 0 Å². The Kier molecular flexibility index (Phi) is 3.10. The Labute approximate surface area is 94.5 Å². The molecule has 2 nitrogen and oxygen atoms in total. The minimum Gasteiger partial charge on any atom is -0.264 e. The molecule has 2 aromatic rings. The number of hydrogen-bond acceptors (Lipinski definition) is 2. The van der Waals surface area contributed by atoms with Gasteiger partial charge in [-0.25, -0.2) is 0 Å². The topological polar surface area (TPSA) is 36.7 Å². The third-order valence-corrected chi connectivity index (χ3v) is 2.20. The minimum atomic E-state index is 0.624. The molecule has 0 radical (unpaired) electrons. The summed E-state index contributed by atoms with van der Waals surface area (Å²) in [5, 5.41) is 9.09. The third-order valence-electron chi connectivity index (χ3n) is 2.20. The second kappa shape index (κ2) is 4.90. The Morgan fingerprint density at radius 3 is 2.56 bits per heavy atom. The molecule has 1 heterocycles. The molecule has 0 aliphatic heterocycles. The van der Waals surface area contributed by atoms with Gasteiger partial charge in [0.05, 0.1) is 11.6 Å². The van der Waals surface area contributed by atoms with Crippen LogP contribution in [0.2, 0.25) is 0 Å². The molecule has 1 aromatic heterocycles. The van der Waals surface area contributed by atoms with Gasteiger partial charge in [0.1, 0.15) is 0 Å². The summed E-state index contributed by atoms with van der Waals surface area (Å²) in [7, 11) is 0. The molecule has 2 heteroatoms. The second-order valence-corrected chi connectivity index (χ2v) is 3.32. The van der Waals surface area contributed by atoms with Crippen molar-refractivity contribution in [2.45, 2.75) is 0 Å². The molecule has 0 fully saturated rings. The summed E-state index contributed by atoms with van der Waals surface area (Å²) >= 11 is 0. The van der Waals surface area contributed by atoms with Gasteiger partial charge in [-0.1, -0.05) is 36.4 Å². The minimum absolute atomic E-state index is 0.624. The zero-order chi connectivity index (χ0) is 11.2. The van der Waals surface area contributed by atoms with E-state index in [-0.39, 0.29) is 0 Å². The number of nitrogens with zero attached hydrogens (tertiary/aromatic N) is 2. The van der Waals surface area contributed by atoms with Crippen LogP contribution in [0.1, 0.15) is 11.1 Å². The van der Waals surface area contributed by atoms with Crippen LogP contribution in [0.3, 0.4) is 0 Å². The first-order valence-electron chi connectivity index (χ1n) is 4.97. The molecule has 0 amide bonds. The van der Waals surface area contributed by atoms with Crippen LogP contribution < -0.4 is 0 Å². The van der Waals surface area contributed by atoms with Gasteiger partial charge >= 0.3 is 0 Å². The lowest BCUT2D eigenvalue weighted by molar-refractivity contribution is 1.31. The summed E-state index contributed by atoms with van der Waals surface area (Å²) in [5.74, 6) is 0. The molecule has 0 bridgehead atoms. The lowest BCUT2D eigenvalue weighted by atomic mass is 10.1. The first-order chi connectivity index (χ1) is 7.90. The second-order valence-electron chi connectivity index (χ2n) is 3.32. The lowest BCUT2D eigenvalue weighted by Crippen LogP contribution is -1.82. The number of rotatable bonds is 2. The van der Waals surface area contributed by atoms with Gasteiger partial charge in [0.2, 0.25) is 0 Å². The molecule has 0 saturated heterocycles. The molecule has 2 rings (SSSR count). The van der Waals surface area contributed by atoms with E-state index in [0.29, 0.717) is 5.57 Å². The van der Waals surface area contributed by atoms with E-state index in [0.717, 1.165) is 11.1 Å². The monoisotopic (exact) mass is 206 g/mol. The number of allylic oxidation sites excluding steroid dienone is 1. The van der Waals surface area contributed by atoms with Crippen molar-refractivity contribution < 1.29 is 0 Å². The SMILES string of the molecule is N#C/C(=C/c1ccccc1)c1cccnc1. The van der Waals surface area contributed by atoms with E-state index in [1.165, 1.54) is 0 Å². The van der Waals surface area contributed by atoms with E-state index in [2.05, 4.69) is 11.1 Å². The van der Waals surface area contributed by atoms with Crippen LogP contribution in [0, 0.1) is 11.3 Å². The maximum absolute atomic E-state index is 9.09. The van der Waals surface area contributed by atoms with Crippen molar-refractivity contribution in [2.75, 3.05) is 0 Å². The van der Waals surface area contributed by atoms with E-state index in [1.54, 1.807) is 12.4 Å². The van der Waals surface area contributed by atoms with Crippen LogP contribution >= 0.6 is 0 Å². The first-order valence-corrected chi connectivity index (χ1v) is 4.97. The molecule has 16 heavy (non-hydrogen) atoms. The molecule has 0 atom stereocenters. The largest absolute Gasteiger partial charge is 0.264 e. The lowest BCUT2D eigenvalue weighted by Gasteiger charge is -1.98. The summed E-state index contributed by atoms with van der Waals surface area (Å²) in [6.07, 6.45) is 5.25. The maximum atomic E-state index is 9.09. The smallest absolute Gasteiger partial charge is 0.0998 e. The Morgan fingerprint density at radius 1 is 1.12 bits per heavy atom. The van der Waals surface area contributed by atoms with Gasteiger partial charge in [-0.05, 0) is 17.7 Å². The van der Waals surface area contributed by atoms with Gasteiger partial charge in [0.15, 0.2) is 0 Å². The predicted octanol–water partition coefficient (Wildman–Crippen LogP) is 3.15. The van der Waals surface area contributed by atoms with Gasteiger partial charge in [0.25, 0.3) is 0 Å². The molecule has 0 spiro atoms. The van der Waals surface area contributed by atoms with Crippen LogP contribution in [0.4, 0.5) is 0 Å². The summed E-state index contributed by atoms with van der Waals surface area (Å²) in [5.41, 5.74) is 2.48. The van der Waals surface area contributed by atoms with Gasteiger partial charge in [-0.15, -0.1) is 0 Å². The molecule has 1 aromatic carbocycles. The van der Waals surface area contributed by atoms with E-state index in [1.807, 2.05) is 48.5 Å². The van der Waals surface area contributed by atoms with Crippen molar-refractivity contribution in [3.63, 3.8) is 0 Å². The Balaban J connectivity index is 2.39. The quantitative estimate of drug-likeness (QED) is 0.708. The van der Waals surface area contributed by atoms with Crippen molar-refractivity contribution in [1.29, 1.82) is 5.26 Å². The highest BCUT2D eigenvalue weighted by atomic mass is 14.6. The van der Waals surface area contributed by atoms with Crippen LogP contribution in [0.25, 0.3) is 11.6 Å². The average Bonchev–Trinajstić information content (AvgIpc) is 2.38. The fraction of sp³-hybridized carbons (Fsp3) is 0. The Bertz CT molecular complexity index is 522. The van der Waals surface area contributed by atoms with Crippen molar-refractivity contribution in [2.24, 2.45) is 0 Å². The summed E-state index contributed by atoms with van der Waals surface area (Å²) < 4.78 is 0. The zero-order valence-corrected chi connectivity index (χ0v) is 8.67. The zero-order valence-electron chi connectivity index (χ0n) is 8.67. The molecular weight excluding hydrogens is 196 g/mol. The Morgan fingerprint density at radius 2 is 1.94 bits per heavy atom. The molecule has 0 aliphatic carbocycles. The summed E-state index contributed by atoms with van der Waals surface area (Å²) in [6, 6.07) is 15.7. The van der Waals surface area contributed by atoms with Crippen LogP contribution in [-0.2, 0) is 0 Å². The first kappa shape index (κ1) is 10.1. The number of aromatic nitrogens is 1. The molecular formula is C14H10N2. The van der Waals surface area contributed by atoms with E-state index < -0.39 is 0 Å². The van der Waals surface area contributed by atoms with Gasteiger partial charge in [0, 0.05) is 18.0 Å². The highest BCUT2D eigenvalue weighted by Gasteiger charge is 1.99. The highest BCUT2D eigenvalue weighted by molar-refractivity contribution is 5.89. The molecule has 0 saturated carbocycles. The highest BCUT2D eigenvalue weighted by Crippen LogP contribution is 2.15. The van der Waals surface area contributed by atoms with Crippen molar-refractivity contribution in [3.05, 3.63) is 66.0 Å². The van der Waals surface area contributed by atoms with Crippen LogP contribution in [-0.4, -0.2) is 4.98 Å². The summed E-state index contributed by atoms with van der Waals surface area (Å²) in [6.45, 7) is 0. The van der Waals surface area contributed by atoms with Gasteiger partial charge in [-0.3, -0.25) is 4.98 Å². The standard InChI is InChI=1S/C14H10N2/c15-10-14(13-7-4-8-16-11-13)9-12-5-2-1-3-6-12/h1-9,11H/b14-9-. The number of benzene rings is 1. The van der Waals surface area contributed by atoms with Crippen molar-refractivity contribution in [1.82, 2.24) is 4.98 Å². The fourth-order valence-corrected chi connectivity index (χ4v) is 1.42. The van der Waals surface area contributed by atoms with Crippen LogP contribution in [0.5, 0.6) is 0 Å². The maximum Gasteiger partial charge on any atom is 0.0998 e.